The largest absolute Gasteiger partial charge is 0.481 e. The fourth-order valence-corrected chi connectivity index (χ4v) is 5.88. The van der Waals surface area contributed by atoms with Crippen molar-refractivity contribution >= 4 is 11.9 Å². The van der Waals surface area contributed by atoms with E-state index in [0.29, 0.717) is 36.7 Å². The first-order chi connectivity index (χ1) is 18.3. The van der Waals surface area contributed by atoms with Crippen molar-refractivity contribution in [2.45, 2.75) is 170 Å². The van der Waals surface area contributed by atoms with Crippen molar-refractivity contribution < 1.29 is 19.4 Å². The number of carbonyl (C=O) groups excluding carboxylic acids is 1. The Balaban J connectivity index is 4.85. The van der Waals surface area contributed by atoms with Crippen LogP contribution in [0.2, 0.25) is 0 Å². The van der Waals surface area contributed by atoms with Gasteiger partial charge < -0.3 is 9.84 Å². The average molecular weight is 539 g/mol. The molecule has 0 radical (unpaired) electrons. The molecule has 4 heteroatoms. The normalized spacial score (nSPS) is 14.8. The van der Waals surface area contributed by atoms with Gasteiger partial charge >= 0.3 is 11.9 Å². The number of carboxylic acid groups (broad SMARTS) is 1. The van der Waals surface area contributed by atoms with E-state index in [4.69, 9.17) is 9.84 Å². The van der Waals surface area contributed by atoms with E-state index in [9.17, 15) is 9.59 Å². The highest BCUT2D eigenvalue weighted by atomic mass is 16.5. The van der Waals surface area contributed by atoms with Crippen molar-refractivity contribution in [3.8, 4) is 0 Å². The number of aliphatic carboxylic acids is 1. The smallest absolute Gasteiger partial charge is 0.309 e. The van der Waals surface area contributed by atoms with Gasteiger partial charge in [-0.3, -0.25) is 9.59 Å². The van der Waals surface area contributed by atoms with E-state index in [0.717, 1.165) is 51.4 Å². The van der Waals surface area contributed by atoms with Crippen LogP contribution in [-0.4, -0.2) is 23.7 Å². The molecule has 0 aromatic carbocycles. The maximum absolute atomic E-state index is 13.6. The second kappa shape index (κ2) is 24.9. The highest BCUT2D eigenvalue weighted by Crippen LogP contribution is 2.35. The number of unbranched alkanes of at least 4 members (excludes halogenated alkanes) is 10. The zero-order chi connectivity index (χ0) is 28.6. The maximum atomic E-state index is 13.6. The third kappa shape index (κ3) is 19.1. The van der Waals surface area contributed by atoms with Crippen molar-refractivity contribution in [2.24, 2.45) is 29.6 Å². The van der Waals surface area contributed by atoms with Gasteiger partial charge in [0.2, 0.25) is 0 Å². The lowest BCUT2D eigenvalue weighted by atomic mass is 9.74. The molecule has 0 aliphatic carbocycles. The highest BCUT2D eigenvalue weighted by molar-refractivity contribution is 5.72. The van der Waals surface area contributed by atoms with Gasteiger partial charge in [-0.15, -0.1) is 0 Å². The molecule has 0 aliphatic rings. The third-order valence-electron chi connectivity index (χ3n) is 8.74. The van der Waals surface area contributed by atoms with Crippen LogP contribution >= 0.6 is 0 Å². The fourth-order valence-electron chi connectivity index (χ4n) is 5.88. The summed E-state index contributed by atoms with van der Waals surface area (Å²) in [6, 6.07) is 0. The summed E-state index contributed by atoms with van der Waals surface area (Å²) >= 11 is 0. The number of rotatable bonds is 27. The Labute approximate surface area is 237 Å². The maximum Gasteiger partial charge on any atom is 0.309 e. The zero-order valence-corrected chi connectivity index (χ0v) is 26.4. The molecule has 0 bridgehead atoms. The topological polar surface area (TPSA) is 63.6 Å². The molecule has 0 saturated heterocycles. The Kier molecular flexibility index (Phi) is 24.2. The first-order valence-corrected chi connectivity index (χ1v) is 16.7. The van der Waals surface area contributed by atoms with Crippen LogP contribution in [0.1, 0.15) is 170 Å². The van der Waals surface area contributed by atoms with Crippen LogP contribution < -0.4 is 0 Å². The van der Waals surface area contributed by atoms with Gasteiger partial charge in [0.15, 0.2) is 0 Å². The molecule has 4 nitrogen and oxygen atoms in total. The first kappa shape index (κ1) is 36.9. The monoisotopic (exact) mass is 538 g/mol. The Morgan fingerprint density at radius 1 is 0.658 bits per heavy atom. The minimum atomic E-state index is -0.677. The standard InChI is InChI=1S/C34H66O4/c1-7-11-22-29(9-3)26-32(34(37)38-27-30(10-4)23-12-8-2)31(28(5)6)24-20-18-16-14-13-15-17-19-21-25-33(35)36/h28-32H,7-27H2,1-6H3,(H,35,36). The Morgan fingerprint density at radius 3 is 1.63 bits per heavy atom. The molecule has 0 aromatic rings. The summed E-state index contributed by atoms with van der Waals surface area (Å²) in [5, 5.41) is 8.73. The van der Waals surface area contributed by atoms with E-state index in [-0.39, 0.29) is 11.9 Å². The van der Waals surface area contributed by atoms with Crippen LogP contribution in [0.4, 0.5) is 0 Å². The molecule has 0 spiro atoms. The van der Waals surface area contributed by atoms with Crippen molar-refractivity contribution in [3.63, 3.8) is 0 Å². The number of hydrogen-bond acceptors (Lipinski definition) is 3. The van der Waals surface area contributed by atoms with Crippen LogP contribution in [0.25, 0.3) is 0 Å². The second-order valence-electron chi connectivity index (χ2n) is 12.3. The predicted molar refractivity (Wildman–Crippen MR) is 162 cm³/mol. The second-order valence-corrected chi connectivity index (χ2v) is 12.3. The highest BCUT2D eigenvalue weighted by Gasteiger charge is 2.33. The predicted octanol–water partition coefficient (Wildman–Crippen LogP) is 10.6. The number of esters is 1. The summed E-state index contributed by atoms with van der Waals surface area (Å²) < 4.78 is 6.08. The van der Waals surface area contributed by atoms with Crippen molar-refractivity contribution in [2.75, 3.05) is 6.61 Å². The van der Waals surface area contributed by atoms with Crippen LogP contribution in [0.5, 0.6) is 0 Å². The summed E-state index contributed by atoms with van der Waals surface area (Å²) in [5.74, 6) is 1.45. The van der Waals surface area contributed by atoms with Gasteiger partial charge in [0, 0.05) is 6.42 Å². The fraction of sp³-hybridized carbons (Fsp3) is 0.941. The lowest BCUT2D eigenvalue weighted by molar-refractivity contribution is -0.154. The Bertz CT molecular complexity index is 559. The lowest BCUT2D eigenvalue weighted by Gasteiger charge is -2.32. The van der Waals surface area contributed by atoms with Crippen molar-refractivity contribution in [1.82, 2.24) is 0 Å². The summed E-state index contributed by atoms with van der Waals surface area (Å²) in [7, 11) is 0. The van der Waals surface area contributed by atoms with E-state index < -0.39 is 5.97 Å². The molecule has 38 heavy (non-hydrogen) atoms. The molecule has 0 aromatic heterocycles. The molecule has 0 saturated carbocycles. The van der Waals surface area contributed by atoms with Gasteiger partial charge in [-0.05, 0) is 49.4 Å². The molecule has 4 unspecified atom stereocenters. The SMILES string of the molecule is CCCCC(CC)COC(=O)C(CC(CC)CCCC)C(CCCCCCCCCCCC(=O)O)C(C)C. The number of ether oxygens (including phenoxy) is 1. The molecule has 4 atom stereocenters. The molecule has 0 heterocycles. The summed E-state index contributed by atoms with van der Waals surface area (Å²) in [6.07, 6.45) is 22.4. The molecule has 0 rings (SSSR count). The van der Waals surface area contributed by atoms with Crippen molar-refractivity contribution in [3.05, 3.63) is 0 Å². The summed E-state index contributed by atoms with van der Waals surface area (Å²) in [5.41, 5.74) is 0. The molecule has 0 amide bonds. The zero-order valence-electron chi connectivity index (χ0n) is 26.4. The summed E-state index contributed by atoms with van der Waals surface area (Å²) in [6.45, 7) is 14.2. The van der Waals surface area contributed by atoms with Crippen LogP contribution in [0.3, 0.4) is 0 Å². The minimum Gasteiger partial charge on any atom is -0.481 e. The lowest BCUT2D eigenvalue weighted by Crippen LogP contribution is -2.32. The molecule has 0 aliphatic heterocycles. The van der Waals surface area contributed by atoms with Gasteiger partial charge in [-0.1, -0.05) is 138 Å². The van der Waals surface area contributed by atoms with Gasteiger partial charge in [-0.2, -0.15) is 0 Å². The first-order valence-electron chi connectivity index (χ1n) is 16.7. The average Bonchev–Trinajstić information content (AvgIpc) is 2.89. The van der Waals surface area contributed by atoms with E-state index in [2.05, 4.69) is 41.5 Å². The Morgan fingerprint density at radius 2 is 1.16 bits per heavy atom. The van der Waals surface area contributed by atoms with Crippen LogP contribution in [0, 0.1) is 29.6 Å². The van der Waals surface area contributed by atoms with E-state index in [1.165, 1.54) is 70.6 Å². The minimum absolute atomic E-state index is 0.0336. The van der Waals surface area contributed by atoms with Crippen LogP contribution in [0.15, 0.2) is 0 Å². The molecule has 1 N–H and O–H groups in total. The van der Waals surface area contributed by atoms with Gasteiger partial charge in [-0.25, -0.2) is 0 Å². The van der Waals surface area contributed by atoms with Crippen LogP contribution in [-0.2, 0) is 14.3 Å². The van der Waals surface area contributed by atoms with E-state index >= 15 is 0 Å². The van der Waals surface area contributed by atoms with Crippen molar-refractivity contribution in [1.29, 1.82) is 0 Å². The summed E-state index contributed by atoms with van der Waals surface area (Å²) in [4.78, 5) is 24.2. The number of hydrogen-bond donors (Lipinski definition) is 1. The van der Waals surface area contributed by atoms with Gasteiger partial charge in [0.05, 0.1) is 12.5 Å². The Hall–Kier alpha value is -1.06. The van der Waals surface area contributed by atoms with E-state index in [1.807, 2.05) is 0 Å². The van der Waals surface area contributed by atoms with E-state index in [1.54, 1.807) is 0 Å². The molecule has 226 valence electrons. The number of carboxylic acids is 1. The number of carbonyl (C=O) groups is 2. The quantitative estimate of drug-likeness (QED) is 0.0834. The molecule has 0 fully saturated rings. The molecular formula is C34H66O4. The van der Waals surface area contributed by atoms with Gasteiger partial charge in [0.1, 0.15) is 0 Å². The van der Waals surface area contributed by atoms with Gasteiger partial charge in [0.25, 0.3) is 0 Å². The third-order valence-corrected chi connectivity index (χ3v) is 8.74. The molecular weight excluding hydrogens is 472 g/mol.